The van der Waals surface area contributed by atoms with Crippen molar-refractivity contribution in [2.45, 2.75) is 0 Å². The molecule has 2 aromatic rings. The van der Waals surface area contributed by atoms with Crippen LogP contribution in [-0.4, -0.2) is 15.8 Å². The highest BCUT2D eigenvalue weighted by Gasteiger charge is 2.07. The lowest BCUT2D eigenvalue weighted by Gasteiger charge is -2.06. The van der Waals surface area contributed by atoms with E-state index in [1.807, 2.05) is 0 Å². The lowest BCUT2D eigenvalue weighted by molar-refractivity contribution is 0.437. The van der Waals surface area contributed by atoms with Gasteiger partial charge in [0.2, 0.25) is 0 Å². The number of rotatable bonds is 3. The molecule has 0 atom stereocenters. The lowest BCUT2D eigenvalue weighted by atomic mass is 10.3. The minimum Gasteiger partial charge on any atom is -0.423 e. The third-order valence-corrected chi connectivity index (χ3v) is 2.62. The van der Waals surface area contributed by atoms with Gasteiger partial charge in [-0.05, 0) is 40.2 Å². The molecule has 2 rings (SSSR count). The number of hydrogen-bond acceptors (Lipinski definition) is 4. The average molecular weight is 311 g/mol. The van der Waals surface area contributed by atoms with Gasteiger partial charge in [0.25, 0.3) is 0 Å². The van der Waals surface area contributed by atoms with Crippen LogP contribution in [0.3, 0.4) is 0 Å². The second kappa shape index (κ2) is 5.09. The van der Waals surface area contributed by atoms with Gasteiger partial charge in [-0.15, -0.1) is 0 Å². The smallest absolute Gasteiger partial charge is 0.322 e. The van der Waals surface area contributed by atoms with Crippen molar-refractivity contribution in [2.24, 2.45) is 5.73 Å². The van der Waals surface area contributed by atoms with Crippen LogP contribution in [0, 0.1) is 11.2 Å². The molecular weight excluding hydrogens is 303 g/mol. The van der Waals surface area contributed by atoms with Gasteiger partial charge < -0.3 is 10.5 Å². The first-order valence-corrected chi connectivity index (χ1v) is 5.66. The molecule has 0 aliphatic carbocycles. The molecule has 1 aromatic carbocycles. The summed E-state index contributed by atoms with van der Waals surface area (Å²) in [5.41, 5.74) is 5.57. The van der Waals surface area contributed by atoms with Crippen molar-refractivity contribution in [2.75, 3.05) is 0 Å². The van der Waals surface area contributed by atoms with E-state index in [0.717, 1.165) is 0 Å². The predicted octanol–water partition coefficient (Wildman–Crippen LogP) is 2.45. The number of nitrogens with two attached hydrogens (primary N) is 1. The van der Waals surface area contributed by atoms with Crippen LogP contribution in [0.25, 0.3) is 0 Å². The molecule has 0 unspecified atom stereocenters. The van der Waals surface area contributed by atoms with Gasteiger partial charge in [-0.3, -0.25) is 5.41 Å². The summed E-state index contributed by atoms with van der Waals surface area (Å²) < 4.78 is 18.7. The Morgan fingerprint density at radius 1 is 1.39 bits per heavy atom. The molecule has 92 valence electrons. The highest BCUT2D eigenvalue weighted by atomic mass is 79.9. The van der Waals surface area contributed by atoms with Crippen LogP contribution in [0.1, 0.15) is 5.69 Å². The van der Waals surface area contributed by atoms with E-state index in [1.54, 1.807) is 0 Å². The van der Waals surface area contributed by atoms with Crippen LogP contribution in [-0.2, 0) is 0 Å². The topological polar surface area (TPSA) is 84.9 Å². The number of halogens is 2. The van der Waals surface area contributed by atoms with Gasteiger partial charge >= 0.3 is 6.01 Å². The van der Waals surface area contributed by atoms with E-state index in [2.05, 4.69) is 25.9 Å². The number of nitrogen functional groups attached to an aromatic ring is 1. The van der Waals surface area contributed by atoms with Crippen molar-refractivity contribution >= 4 is 21.8 Å². The summed E-state index contributed by atoms with van der Waals surface area (Å²) in [6.45, 7) is 0. The van der Waals surface area contributed by atoms with E-state index < -0.39 is 0 Å². The van der Waals surface area contributed by atoms with Crippen molar-refractivity contribution in [3.8, 4) is 11.8 Å². The van der Waals surface area contributed by atoms with Gasteiger partial charge in [0.1, 0.15) is 23.1 Å². The van der Waals surface area contributed by atoms with Crippen molar-refractivity contribution in [1.82, 2.24) is 9.97 Å². The molecule has 7 heteroatoms. The fourth-order valence-electron chi connectivity index (χ4n) is 1.20. The second-order valence-corrected chi connectivity index (χ2v) is 4.17. The van der Waals surface area contributed by atoms with E-state index in [9.17, 15) is 4.39 Å². The van der Waals surface area contributed by atoms with Crippen molar-refractivity contribution in [1.29, 1.82) is 5.41 Å². The fourth-order valence-corrected chi connectivity index (χ4v) is 1.63. The largest absolute Gasteiger partial charge is 0.423 e. The second-order valence-electron chi connectivity index (χ2n) is 3.31. The summed E-state index contributed by atoms with van der Waals surface area (Å²) in [6, 6.07) is 5.51. The van der Waals surface area contributed by atoms with E-state index >= 15 is 0 Å². The van der Waals surface area contributed by atoms with Crippen LogP contribution in [0.15, 0.2) is 34.9 Å². The van der Waals surface area contributed by atoms with Gasteiger partial charge in [0.15, 0.2) is 0 Å². The van der Waals surface area contributed by atoms with E-state index in [4.69, 9.17) is 15.9 Å². The molecule has 0 spiro atoms. The Balaban J connectivity index is 2.28. The number of nitrogens with one attached hydrogen (secondary N) is 1. The summed E-state index contributed by atoms with van der Waals surface area (Å²) in [5.74, 6) is -0.190. The molecule has 0 fully saturated rings. The van der Waals surface area contributed by atoms with Crippen LogP contribution in [0.5, 0.6) is 11.8 Å². The third-order valence-electron chi connectivity index (χ3n) is 2.00. The minimum atomic E-state index is -0.382. The number of aromatic nitrogens is 2. The summed E-state index contributed by atoms with van der Waals surface area (Å²) in [6.07, 6.45) is 1.43. The average Bonchev–Trinajstić information content (AvgIpc) is 2.33. The van der Waals surface area contributed by atoms with E-state index in [0.29, 0.717) is 10.2 Å². The standard InChI is InChI=1S/C11H8BrFN4O/c12-7-5-6(13)1-2-9(7)18-11-16-4-3-8(17-11)10(14)15/h1-5H,(H3,14,15). The van der Waals surface area contributed by atoms with Crippen LogP contribution >= 0.6 is 15.9 Å². The number of ether oxygens (including phenoxy) is 1. The molecule has 0 aliphatic heterocycles. The van der Waals surface area contributed by atoms with Gasteiger partial charge in [-0.25, -0.2) is 9.37 Å². The molecule has 0 amide bonds. The Morgan fingerprint density at radius 3 is 2.83 bits per heavy atom. The zero-order chi connectivity index (χ0) is 13.1. The third kappa shape index (κ3) is 2.80. The quantitative estimate of drug-likeness (QED) is 0.673. The highest BCUT2D eigenvalue weighted by molar-refractivity contribution is 9.10. The summed E-state index contributed by atoms with van der Waals surface area (Å²) >= 11 is 3.16. The molecule has 5 nitrogen and oxygen atoms in total. The molecule has 0 saturated heterocycles. The van der Waals surface area contributed by atoms with Gasteiger partial charge in [-0.1, -0.05) is 0 Å². The maximum Gasteiger partial charge on any atom is 0.322 e. The Labute approximate surface area is 110 Å². The number of nitrogens with zero attached hydrogens (tertiary/aromatic N) is 2. The minimum absolute atomic E-state index is 0.0370. The maximum atomic E-state index is 12.9. The molecule has 18 heavy (non-hydrogen) atoms. The SMILES string of the molecule is N=C(N)c1ccnc(Oc2ccc(F)cc2Br)n1. The molecule has 1 heterocycles. The number of amidine groups is 1. The van der Waals surface area contributed by atoms with Crippen LogP contribution < -0.4 is 10.5 Å². The van der Waals surface area contributed by atoms with Crippen LogP contribution in [0.2, 0.25) is 0 Å². The molecule has 0 radical (unpaired) electrons. The Kier molecular flexibility index (Phi) is 3.52. The van der Waals surface area contributed by atoms with Gasteiger partial charge in [0.05, 0.1) is 4.47 Å². The molecule has 0 aliphatic rings. The van der Waals surface area contributed by atoms with E-state index in [-0.39, 0.29) is 23.4 Å². The maximum absolute atomic E-state index is 12.9. The predicted molar refractivity (Wildman–Crippen MR) is 67.2 cm³/mol. The monoisotopic (exact) mass is 310 g/mol. The van der Waals surface area contributed by atoms with E-state index in [1.165, 1.54) is 30.5 Å². The van der Waals surface area contributed by atoms with Crippen molar-refractivity contribution in [3.63, 3.8) is 0 Å². The lowest BCUT2D eigenvalue weighted by Crippen LogP contribution is -2.13. The Morgan fingerprint density at radius 2 is 2.17 bits per heavy atom. The summed E-state index contributed by atoms with van der Waals surface area (Å²) in [4.78, 5) is 7.81. The summed E-state index contributed by atoms with van der Waals surface area (Å²) in [5, 5.41) is 7.26. The normalized spacial score (nSPS) is 10.1. The Hall–Kier alpha value is -2.02. The van der Waals surface area contributed by atoms with Gasteiger partial charge in [-0.2, -0.15) is 4.98 Å². The van der Waals surface area contributed by atoms with Crippen molar-refractivity contribution in [3.05, 3.63) is 46.4 Å². The zero-order valence-corrected chi connectivity index (χ0v) is 10.6. The first-order chi connectivity index (χ1) is 8.56. The number of hydrogen-bond donors (Lipinski definition) is 2. The van der Waals surface area contributed by atoms with Crippen LogP contribution in [0.4, 0.5) is 4.39 Å². The zero-order valence-electron chi connectivity index (χ0n) is 9.02. The van der Waals surface area contributed by atoms with Gasteiger partial charge in [0, 0.05) is 6.20 Å². The molecular formula is C11H8BrFN4O. The number of benzene rings is 1. The fraction of sp³-hybridized carbons (Fsp3) is 0. The molecule has 0 saturated carbocycles. The molecule has 1 aromatic heterocycles. The first kappa shape index (κ1) is 12.4. The van der Waals surface area contributed by atoms with Crippen molar-refractivity contribution < 1.29 is 9.13 Å². The summed E-state index contributed by atoms with van der Waals surface area (Å²) in [7, 11) is 0. The first-order valence-electron chi connectivity index (χ1n) is 4.86. The Bertz CT molecular complexity index is 605. The molecule has 3 N–H and O–H groups in total. The highest BCUT2D eigenvalue weighted by Crippen LogP contribution is 2.28. The molecule has 0 bridgehead atoms.